The molecule has 2 N–H and O–H groups in total. The molecule has 0 saturated heterocycles. The van der Waals surface area contributed by atoms with Crippen LogP contribution in [0.25, 0.3) is 0 Å². The lowest BCUT2D eigenvalue weighted by atomic mass is 10.2. The number of hydrogen-bond donors (Lipinski definition) is 2. The van der Waals surface area contributed by atoms with E-state index in [1.54, 1.807) is 24.3 Å². The molecule has 0 spiro atoms. The summed E-state index contributed by atoms with van der Waals surface area (Å²) in [4.78, 5) is 11.5. The van der Waals surface area contributed by atoms with Gasteiger partial charge >= 0.3 is 5.97 Å². The highest BCUT2D eigenvalue weighted by molar-refractivity contribution is 7.80. The number of nitrogens with one attached hydrogen (secondary N) is 2. The van der Waals surface area contributed by atoms with Crippen LogP contribution in [0.15, 0.2) is 36.9 Å². The zero-order valence-corrected chi connectivity index (χ0v) is 10.3. The van der Waals surface area contributed by atoms with Gasteiger partial charge in [-0.2, -0.15) is 0 Å². The Balaban J connectivity index is 2.79. The molecule has 17 heavy (non-hydrogen) atoms. The first kappa shape index (κ1) is 13.2. The molecule has 0 saturated carbocycles. The first-order chi connectivity index (χ1) is 8.19. The molecule has 0 fully saturated rings. The molecule has 0 heterocycles. The normalized spacial score (nSPS) is 9.24. The number of esters is 1. The molecular weight excluding hydrogens is 236 g/mol. The van der Waals surface area contributed by atoms with Crippen molar-refractivity contribution in [2.45, 2.75) is 0 Å². The van der Waals surface area contributed by atoms with Crippen molar-refractivity contribution in [3.8, 4) is 0 Å². The Labute approximate surface area is 106 Å². The standard InChI is InChI=1S/C12H14N2O2S/c1-3-8-13-12(17)14-10-7-5-4-6-9(10)11(15)16-2/h3-7H,1,8H2,2H3,(H2,13,14,17). The highest BCUT2D eigenvalue weighted by Gasteiger charge is 2.11. The third kappa shape index (κ3) is 3.88. The van der Waals surface area contributed by atoms with Crippen molar-refractivity contribution in [1.29, 1.82) is 0 Å². The minimum atomic E-state index is -0.403. The number of para-hydroxylation sites is 1. The highest BCUT2D eigenvalue weighted by atomic mass is 32.1. The van der Waals surface area contributed by atoms with Gasteiger partial charge in [-0.25, -0.2) is 4.79 Å². The lowest BCUT2D eigenvalue weighted by molar-refractivity contribution is 0.0602. The Morgan fingerprint density at radius 1 is 1.53 bits per heavy atom. The monoisotopic (exact) mass is 250 g/mol. The van der Waals surface area contributed by atoms with E-state index in [4.69, 9.17) is 12.2 Å². The van der Waals surface area contributed by atoms with Crippen LogP contribution in [0.2, 0.25) is 0 Å². The smallest absolute Gasteiger partial charge is 0.339 e. The molecule has 4 nitrogen and oxygen atoms in total. The van der Waals surface area contributed by atoms with E-state index in [0.717, 1.165) is 0 Å². The third-order valence-electron chi connectivity index (χ3n) is 1.99. The van der Waals surface area contributed by atoms with Crippen LogP contribution in [0, 0.1) is 0 Å². The number of methoxy groups -OCH3 is 1. The minimum Gasteiger partial charge on any atom is -0.465 e. The van der Waals surface area contributed by atoms with Crippen molar-refractivity contribution in [3.05, 3.63) is 42.5 Å². The SMILES string of the molecule is C=CCNC(=S)Nc1ccccc1C(=O)OC. The van der Waals surface area contributed by atoms with Crippen molar-refractivity contribution in [1.82, 2.24) is 5.32 Å². The maximum absolute atomic E-state index is 11.5. The Morgan fingerprint density at radius 2 is 2.24 bits per heavy atom. The van der Waals surface area contributed by atoms with Crippen LogP contribution in [0.4, 0.5) is 5.69 Å². The van der Waals surface area contributed by atoms with Crippen LogP contribution in [-0.4, -0.2) is 24.7 Å². The van der Waals surface area contributed by atoms with Crippen LogP contribution in [-0.2, 0) is 4.74 Å². The van der Waals surface area contributed by atoms with Gasteiger partial charge in [0.05, 0.1) is 18.4 Å². The number of anilines is 1. The number of thiocarbonyl (C=S) groups is 1. The molecule has 0 aliphatic carbocycles. The largest absolute Gasteiger partial charge is 0.465 e. The van der Waals surface area contributed by atoms with E-state index in [9.17, 15) is 4.79 Å². The van der Waals surface area contributed by atoms with Gasteiger partial charge in [0.15, 0.2) is 5.11 Å². The van der Waals surface area contributed by atoms with Crippen LogP contribution in [0.5, 0.6) is 0 Å². The molecule has 0 aliphatic rings. The van der Waals surface area contributed by atoms with Crippen molar-refractivity contribution < 1.29 is 9.53 Å². The summed E-state index contributed by atoms with van der Waals surface area (Å²) in [6.07, 6.45) is 1.69. The van der Waals surface area contributed by atoms with Gasteiger partial charge in [0, 0.05) is 6.54 Å². The molecule has 5 heteroatoms. The lowest BCUT2D eigenvalue weighted by Gasteiger charge is -2.11. The summed E-state index contributed by atoms with van der Waals surface area (Å²) < 4.78 is 4.68. The van der Waals surface area contributed by atoms with Crippen molar-refractivity contribution in [2.75, 3.05) is 19.0 Å². The van der Waals surface area contributed by atoms with E-state index in [-0.39, 0.29) is 0 Å². The molecule has 0 atom stereocenters. The van der Waals surface area contributed by atoms with E-state index in [1.165, 1.54) is 7.11 Å². The summed E-state index contributed by atoms with van der Waals surface area (Å²) in [6, 6.07) is 7.00. The van der Waals surface area contributed by atoms with Crippen LogP contribution >= 0.6 is 12.2 Å². The average molecular weight is 250 g/mol. The Kier molecular flexibility index (Phi) is 5.16. The van der Waals surface area contributed by atoms with Gasteiger partial charge in [0.25, 0.3) is 0 Å². The minimum absolute atomic E-state index is 0.403. The number of hydrogen-bond acceptors (Lipinski definition) is 3. The molecule has 0 amide bonds. The molecule has 0 aromatic heterocycles. The van der Waals surface area contributed by atoms with Crippen LogP contribution < -0.4 is 10.6 Å². The average Bonchev–Trinajstić information content (AvgIpc) is 2.36. The maximum atomic E-state index is 11.5. The number of benzene rings is 1. The van der Waals surface area contributed by atoms with E-state index in [1.807, 2.05) is 6.07 Å². The van der Waals surface area contributed by atoms with E-state index >= 15 is 0 Å². The molecule has 90 valence electrons. The van der Waals surface area contributed by atoms with Gasteiger partial charge < -0.3 is 15.4 Å². The summed E-state index contributed by atoms with van der Waals surface area (Å²) in [5, 5.41) is 6.28. The molecule has 0 bridgehead atoms. The lowest BCUT2D eigenvalue weighted by Crippen LogP contribution is -2.29. The van der Waals surface area contributed by atoms with Crippen LogP contribution in [0.3, 0.4) is 0 Å². The van der Waals surface area contributed by atoms with Gasteiger partial charge in [0.1, 0.15) is 0 Å². The van der Waals surface area contributed by atoms with Gasteiger partial charge in [-0.05, 0) is 24.4 Å². The quantitative estimate of drug-likeness (QED) is 0.486. The molecular formula is C12H14N2O2S. The van der Waals surface area contributed by atoms with Gasteiger partial charge in [-0.1, -0.05) is 18.2 Å². The number of rotatable bonds is 4. The summed E-state index contributed by atoms with van der Waals surface area (Å²) in [7, 11) is 1.34. The van der Waals surface area contributed by atoms with Crippen molar-refractivity contribution in [2.24, 2.45) is 0 Å². The second-order valence-electron chi connectivity index (χ2n) is 3.16. The predicted octanol–water partition coefficient (Wildman–Crippen LogP) is 1.95. The highest BCUT2D eigenvalue weighted by Crippen LogP contribution is 2.15. The van der Waals surface area contributed by atoms with Gasteiger partial charge in [-0.3, -0.25) is 0 Å². The molecule has 1 aromatic rings. The topological polar surface area (TPSA) is 50.4 Å². The molecule has 0 unspecified atom stereocenters. The molecule has 1 rings (SSSR count). The summed E-state index contributed by atoms with van der Waals surface area (Å²) >= 11 is 5.06. The third-order valence-corrected chi connectivity index (χ3v) is 2.23. The molecule has 0 radical (unpaired) electrons. The summed E-state index contributed by atoms with van der Waals surface area (Å²) in [6.45, 7) is 4.14. The van der Waals surface area contributed by atoms with Gasteiger partial charge in [-0.15, -0.1) is 6.58 Å². The second kappa shape index (κ2) is 6.65. The fourth-order valence-corrected chi connectivity index (χ4v) is 1.40. The zero-order valence-electron chi connectivity index (χ0n) is 9.53. The fourth-order valence-electron chi connectivity index (χ4n) is 1.21. The summed E-state index contributed by atoms with van der Waals surface area (Å²) in [5.41, 5.74) is 1.05. The number of carbonyl (C=O) groups excluding carboxylic acids is 1. The van der Waals surface area contributed by atoms with E-state index in [2.05, 4.69) is 21.9 Å². The Morgan fingerprint density at radius 3 is 2.88 bits per heavy atom. The van der Waals surface area contributed by atoms with Crippen molar-refractivity contribution in [3.63, 3.8) is 0 Å². The van der Waals surface area contributed by atoms with E-state index in [0.29, 0.717) is 22.9 Å². The molecule has 0 aliphatic heterocycles. The van der Waals surface area contributed by atoms with E-state index < -0.39 is 5.97 Å². The first-order valence-corrected chi connectivity index (χ1v) is 5.43. The van der Waals surface area contributed by atoms with Gasteiger partial charge in [0.2, 0.25) is 0 Å². The predicted molar refractivity (Wildman–Crippen MR) is 72.2 cm³/mol. The zero-order chi connectivity index (χ0) is 12.7. The fraction of sp³-hybridized carbons (Fsp3) is 0.167. The first-order valence-electron chi connectivity index (χ1n) is 5.02. The number of carbonyl (C=O) groups is 1. The number of ether oxygens (including phenoxy) is 1. The molecule has 1 aromatic carbocycles. The van der Waals surface area contributed by atoms with Crippen molar-refractivity contribution >= 4 is 29.0 Å². The Hall–Kier alpha value is -1.88. The summed E-state index contributed by atoms with van der Waals surface area (Å²) in [5.74, 6) is -0.403. The Bertz CT molecular complexity index is 432. The second-order valence-corrected chi connectivity index (χ2v) is 3.57. The van der Waals surface area contributed by atoms with Crippen LogP contribution in [0.1, 0.15) is 10.4 Å². The maximum Gasteiger partial charge on any atom is 0.339 e.